The Balaban J connectivity index is 0.00000361. The van der Waals surface area contributed by atoms with Gasteiger partial charge in [-0.05, 0) is 49.6 Å². The van der Waals surface area contributed by atoms with Crippen molar-refractivity contribution < 1.29 is 30.7 Å². The number of nitrogens with zero attached hydrogens (tertiary/aromatic N) is 4. The highest BCUT2D eigenvalue weighted by Gasteiger charge is 2.50. The number of ether oxygens (including phenoxy) is 1. The maximum atomic E-state index is 13.3. The minimum atomic E-state index is -5.36. The zero-order valence-corrected chi connectivity index (χ0v) is 20.7. The number of nitrogens with one attached hydrogen (secondary N) is 1. The zero-order valence-electron chi connectivity index (χ0n) is 19.0. The number of piperidine rings is 1. The summed E-state index contributed by atoms with van der Waals surface area (Å²) in [4.78, 5) is 21.3. The molecule has 0 atom stereocenters. The number of anilines is 1. The van der Waals surface area contributed by atoms with Crippen molar-refractivity contribution in [2.24, 2.45) is 7.05 Å². The fourth-order valence-electron chi connectivity index (χ4n) is 3.77. The molecule has 15 heteroatoms. The monoisotopic (exact) mass is 551 g/mol. The minimum absolute atomic E-state index is 0. The molecular formula is C21H22ClF4N5O4S. The third-order valence-electron chi connectivity index (χ3n) is 5.69. The highest BCUT2D eigenvalue weighted by Crippen LogP contribution is 2.30. The van der Waals surface area contributed by atoms with Gasteiger partial charge in [-0.15, -0.1) is 12.4 Å². The second-order valence-electron chi connectivity index (χ2n) is 8.13. The number of aromatic nitrogens is 3. The van der Waals surface area contributed by atoms with Crippen LogP contribution in [0.3, 0.4) is 0 Å². The average Bonchev–Trinajstić information content (AvgIpc) is 2.79. The molecule has 0 aliphatic carbocycles. The number of fused-ring (bicyclic) bond motifs is 1. The zero-order chi connectivity index (χ0) is 25.5. The molecule has 36 heavy (non-hydrogen) atoms. The van der Waals surface area contributed by atoms with Crippen LogP contribution in [0, 0.1) is 12.7 Å². The molecule has 1 N–H and O–H groups in total. The SMILES string of the molecule is Cc1cc(F)ccc1Oc1cc2cnc(NC3CCN(S(=O)(=O)C(F)(F)F)CC3)nc2n(C)c1=O.Cl. The quantitative estimate of drug-likeness (QED) is 0.482. The molecule has 1 saturated heterocycles. The summed E-state index contributed by atoms with van der Waals surface area (Å²) in [5, 5.41) is 3.48. The molecule has 4 rings (SSSR count). The third-order valence-corrected chi connectivity index (χ3v) is 7.32. The Morgan fingerprint density at radius 3 is 2.42 bits per heavy atom. The molecule has 0 spiro atoms. The van der Waals surface area contributed by atoms with E-state index in [4.69, 9.17) is 4.74 Å². The van der Waals surface area contributed by atoms with E-state index in [1.165, 1.54) is 42.1 Å². The predicted molar refractivity (Wildman–Crippen MR) is 126 cm³/mol. The molecule has 1 fully saturated rings. The normalized spacial score (nSPS) is 15.5. The van der Waals surface area contributed by atoms with Crippen molar-refractivity contribution in [1.29, 1.82) is 0 Å². The van der Waals surface area contributed by atoms with Gasteiger partial charge in [-0.2, -0.15) is 22.5 Å². The van der Waals surface area contributed by atoms with Gasteiger partial charge in [0.25, 0.3) is 5.56 Å². The van der Waals surface area contributed by atoms with Gasteiger partial charge in [-0.25, -0.2) is 17.8 Å². The lowest BCUT2D eigenvalue weighted by molar-refractivity contribution is -0.0494. The first kappa shape index (κ1) is 27.6. The second-order valence-corrected chi connectivity index (χ2v) is 10.1. The Morgan fingerprint density at radius 2 is 1.81 bits per heavy atom. The fraction of sp³-hybridized carbons (Fsp3) is 0.381. The molecule has 9 nitrogen and oxygen atoms in total. The fourth-order valence-corrected chi connectivity index (χ4v) is 4.76. The summed E-state index contributed by atoms with van der Waals surface area (Å²) < 4.78 is 82.1. The Labute approximate surface area is 209 Å². The third kappa shape index (κ3) is 5.39. The van der Waals surface area contributed by atoms with E-state index in [1.54, 1.807) is 6.92 Å². The van der Waals surface area contributed by atoms with Gasteiger partial charge >= 0.3 is 15.5 Å². The molecule has 1 aliphatic heterocycles. The molecule has 1 aromatic carbocycles. The predicted octanol–water partition coefficient (Wildman–Crippen LogP) is 3.72. The molecule has 0 bridgehead atoms. The van der Waals surface area contributed by atoms with Gasteiger partial charge in [0.15, 0.2) is 5.75 Å². The van der Waals surface area contributed by atoms with E-state index in [0.717, 1.165) is 0 Å². The van der Waals surface area contributed by atoms with Crippen LogP contribution in [0.25, 0.3) is 11.0 Å². The molecule has 196 valence electrons. The van der Waals surface area contributed by atoms with Gasteiger partial charge in [-0.1, -0.05) is 0 Å². The molecular weight excluding hydrogens is 530 g/mol. The van der Waals surface area contributed by atoms with Gasteiger partial charge in [0.05, 0.1) is 0 Å². The molecule has 0 amide bonds. The van der Waals surface area contributed by atoms with Crippen LogP contribution in [0.2, 0.25) is 0 Å². The molecule has 0 saturated carbocycles. The van der Waals surface area contributed by atoms with E-state index in [0.29, 0.717) is 21.0 Å². The number of halogens is 5. The number of pyridine rings is 1. The van der Waals surface area contributed by atoms with Crippen LogP contribution in [0.5, 0.6) is 11.5 Å². The van der Waals surface area contributed by atoms with Gasteiger partial charge in [0.2, 0.25) is 5.95 Å². The van der Waals surface area contributed by atoms with E-state index in [9.17, 15) is 30.8 Å². The van der Waals surface area contributed by atoms with Crippen LogP contribution in [-0.4, -0.2) is 51.9 Å². The van der Waals surface area contributed by atoms with Crippen LogP contribution >= 0.6 is 12.4 Å². The Kier molecular flexibility index (Phi) is 7.81. The van der Waals surface area contributed by atoms with E-state index in [1.807, 2.05) is 0 Å². The van der Waals surface area contributed by atoms with Crippen molar-refractivity contribution >= 4 is 39.4 Å². The lowest BCUT2D eigenvalue weighted by Crippen LogP contribution is -2.47. The topological polar surface area (TPSA) is 106 Å². The summed E-state index contributed by atoms with van der Waals surface area (Å²) in [6.07, 6.45) is 1.70. The smallest absolute Gasteiger partial charge is 0.451 e. The van der Waals surface area contributed by atoms with Crippen molar-refractivity contribution in [3.05, 3.63) is 52.2 Å². The Bertz CT molecular complexity index is 1440. The summed E-state index contributed by atoms with van der Waals surface area (Å²) in [6.45, 7) is 1.05. The van der Waals surface area contributed by atoms with Crippen molar-refractivity contribution in [3.63, 3.8) is 0 Å². The van der Waals surface area contributed by atoms with Crippen molar-refractivity contribution in [1.82, 2.24) is 18.8 Å². The molecule has 2 aromatic heterocycles. The highest BCUT2D eigenvalue weighted by atomic mass is 35.5. The van der Waals surface area contributed by atoms with E-state index >= 15 is 0 Å². The first-order chi connectivity index (χ1) is 16.4. The van der Waals surface area contributed by atoms with Gasteiger partial charge in [0.1, 0.15) is 17.2 Å². The van der Waals surface area contributed by atoms with E-state index in [2.05, 4.69) is 15.3 Å². The van der Waals surface area contributed by atoms with Gasteiger partial charge < -0.3 is 10.1 Å². The molecule has 0 radical (unpaired) electrons. The number of hydrogen-bond acceptors (Lipinski definition) is 7. The summed E-state index contributed by atoms with van der Waals surface area (Å²) in [7, 11) is -3.87. The van der Waals surface area contributed by atoms with Crippen molar-refractivity contribution in [2.45, 2.75) is 31.3 Å². The Hall–Kier alpha value is -2.97. The number of alkyl halides is 3. The average molecular weight is 552 g/mol. The van der Waals surface area contributed by atoms with E-state index < -0.39 is 26.9 Å². The molecule has 0 unspecified atom stereocenters. The maximum Gasteiger partial charge on any atom is 0.511 e. The second kappa shape index (κ2) is 10.2. The Morgan fingerprint density at radius 1 is 1.14 bits per heavy atom. The molecule has 3 heterocycles. The number of aryl methyl sites for hydroxylation is 2. The largest absolute Gasteiger partial charge is 0.511 e. The summed E-state index contributed by atoms with van der Waals surface area (Å²) in [5.74, 6) is 0.0354. The van der Waals surface area contributed by atoms with Gasteiger partial charge in [-0.3, -0.25) is 9.36 Å². The number of benzene rings is 1. The molecule has 3 aromatic rings. The van der Waals surface area contributed by atoms with Crippen LogP contribution in [0.4, 0.5) is 23.5 Å². The van der Waals surface area contributed by atoms with Crippen LogP contribution in [0.15, 0.2) is 35.3 Å². The van der Waals surface area contributed by atoms with Crippen molar-refractivity contribution in [3.8, 4) is 11.5 Å². The first-order valence-electron chi connectivity index (χ1n) is 10.5. The summed E-state index contributed by atoms with van der Waals surface area (Å²) in [5.41, 5.74) is -5.03. The number of sulfonamides is 1. The van der Waals surface area contributed by atoms with Crippen LogP contribution in [-0.2, 0) is 17.1 Å². The van der Waals surface area contributed by atoms with Crippen LogP contribution in [0.1, 0.15) is 18.4 Å². The first-order valence-corrected chi connectivity index (χ1v) is 11.9. The number of rotatable bonds is 5. The van der Waals surface area contributed by atoms with Gasteiger partial charge in [0, 0.05) is 37.8 Å². The standard InChI is InChI=1S/C21H21F4N5O4S.ClH/c1-12-9-14(22)3-4-16(12)34-17-10-13-11-26-20(28-18(13)29(2)19(17)31)27-15-5-7-30(8-6-15)35(32,33)21(23,24)25;/h3-4,9-11,15H,5-8H2,1-2H3,(H,26,27,28);1H. The lowest BCUT2D eigenvalue weighted by atomic mass is 10.1. The minimum Gasteiger partial charge on any atom is -0.451 e. The van der Waals surface area contributed by atoms with Crippen LogP contribution < -0.4 is 15.6 Å². The number of hydrogen-bond donors (Lipinski definition) is 1. The highest BCUT2D eigenvalue weighted by molar-refractivity contribution is 7.90. The van der Waals surface area contributed by atoms with Crippen molar-refractivity contribution in [2.75, 3.05) is 18.4 Å². The maximum absolute atomic E-state index is 13.3. The lowest BCUT2D eigenvalue weighted by Gasteiger charge is -2.31. The molecule has 1 aliphatic rings. The summed E-state index contributed by atoms with van der Waals surface area (Å²) in [6, 6.07) is 5.03. The summed E-state index contributed by atoms with van der Waals surface area (Å²) >= 11 is 0. The van der Waals surface area contributed by atoms with E-state index in [-0.39, 0.29) is 61.7 Å².